The molecule has 3 rings (SSSR count). The van der Waals surface area contributed by atoms with Crippen molar-refractivity contribution >= 4 is 5.69 Å². The molecule has 0 aliphatic carbocycles. The van der Waals surface area contributed by atoms with Crippen molar-refractivity contribution in [3.05, 3.63) is 72.6 Å². The number of hydrogen-bond donors (Lipinski definition) is 1. The van der Waals surface area contributed by atoms with Crippen LogP contribution in [0.2, 0.25) is 0 Å². The van der Waals surface area contributed by atoms with Crippen LogP contribution in [-0.4, -0.2) is 19.7 Å². The first-order valence-corrected chi connectivity index (χ1v) is 6.89. The highest BCUT2D eigenvalue weighted by Crippen LogP contribution is 2.19. The van der Waals surface area contributed by atoms with E-state index in [0.29, 0.717) is 0 Å². The van der Waals surface area contributed by atoms with Crippen molar-refractivity contribution in [2.24, 2.45) is 0 Å². The van der Waals surface area contributed by atoms with Crippen LogP contribution in [0, 0.1) is 0 Å². The molecule has 0 spiro atoms. The lowest BCUT2D eigenvalue weighted by Gasteiger charge is -2.16. The van der Waals surface area contributed by atoms with Gasteiger partial charge in [0.2, 0.25) is 0 Å². The van der Waals surface area contributed by atoms with Crippen molar-refractivity contribution < 1.29 is 0 Å². The van der Waals surface area contributed by atoms with Gasteiger partial charge in [0.15, 0.2) is 0 Å². The molecule has 5 heteroatoms. The summed E-state index contributed by atoms with van der Waals surface area (Å²) in [6.07, 6.45) is 6.94. The highest BCUT2D eigenvalue weighted by Gasteiger charge is 2.05. The molecule has 0 bridgehead atoms. The molecule has 0 radical (unpaired) electrons. The molecule has 0 amide bonds. The average Bonchev–Trinajstić information content (AvgIpc) is 3.01. The number of benzene rings is 1. The average molecular weight is 279 g/mol. The molecule has 5 nitrogen and oxygen atoms in total. The van der Waals surface area contributed by atoms with E-state index in [9.17, 15) is 0 Å². The van der Waals surface area contributed by atoms with Gasteiger partial charge in [-0.15, -0.1) is 0 Å². The first kappa shape index (κ1) is 13.3. The van der Waals surface area contributed by atoms with Gasteiger partial charge in [-0.25, -0.2) is 9.67 Å². The first-order valence-electron chi connectivity index (χ1n) is 6.89. The maximum Gasteiger partial charge on any atom is 0.137 e. The number of nitrogens with one attached hydrogen (secondary N) is 1. The molecule has 1 unspecified atom stereocenters. The molecule has 0 saturated heterocycles. The van der Waals surface area contributed by atoms with E-state index in [4.69, 9.17) is 0 Å². The number of aromatic nitrogens is 4. The Hall–Kier alpha value is -2.69. The van der Waals surface area contributed by atoms with E-state index in [1.807, 2.05) is 23.0 Å². The Labute approximate surface area is 123 Å². The molecule has 0 saturated carbocycles. The van der Waals surface area contributed by atoms with E-state index < -0.39 is 0 Å². The van der Waals surface area contributed by atoms with Crippen molar-refractivity contribution in [3.8, 4) is 0 Å². The monoisotopic (exact) mass is 279 g/mol. The smallest absolute Gasteiger partial charge is 0.137 e. The van der Waals surface area contributed by atoms with Crippen molar-refractivity contribution in [1.29, 1.82) is 0 Å². The Balaban J connectivity index is 1.71. The summed E-state index contributed by atoms with van der Waals surface area (Å²) >= 11 is 0. The van der Waals surface area contributed by atoms with Crippen LogP contribution in [0.1, 0.15) is 24.1 Å². The van der Waals surface area contributed by atoms with E-state index in [0.717, 1.165) is 12.2 Å². The van der Waals surface area contributed by atoms with Gasteiger partial charge < -0.3 is 5.32 Å². The van der Waals surface area contributed by atoms with Crippen molar-refractivity contribution in [2.45, 2.75) is 19.5 Å². The second-order valence-electron chi connectivity index (χ2n) is 4.95. The second kappa shape index (κ2) is 6.17. The van der Waals surface area contributed by atoms with Crippen LogP contribution in [0.25, 0.3) is 0 Å². The van der Waals surface area contributed by atoms with Crippen LogP contribution in [0.3, 0.4) is 0 Å². The van der Waals surface area contributed by atoms with Crippen LogP contribution >= 0.6 is 0 Å². The van der Waals surface area contributed by atoms with Crippen LogP contribution in [0.15, 0.2) is 61.4 Å². The fraction of sp³-hybridized carbons (Fsp3) is 0.188. The Morgan fingerprint density at radius 1 is 1.19 bits per heavy atom. The fourth-order valence-corrected chi connectivity index (χ4v) is 2.23. The zero-order valence-electron chi connectivity index (χ0n) is 11.8. The molecule has 0 aliphatic rings. The number of hydrogen-bond acceptors (Lipinski definition) is 4. The van der Waals surface area contributed by atoms with E-state index in [1.54, 1.807) is 18.9 Å². The van der Waals surface area contributed by atoms with Crippen LogP contribution in [0.4, 0.5) is 5.69 Å². The second-order valence-corrected chi connectivity index (χ2v) is 4.95. The minimum absolute atomic E-state index is 0.209. The lowest BCUT2D eigenvalue weighted by atomic mass is 10.1. The molecule has 1 N–H and O–H groups in total. The minimum Gasteiger partial charge on any atom is -0.378 e. The zero-order valence-corrected chi connectivity index (χ0v) is 11.8. The summed E-state index contributed by atoms with van der Waals surface area (Å²) in [5.41, 5.74) is 3.44. The van der Waals surface area contributed by atoms with Gasteiger partial charge in [0.1, 0.15) is 12.7 Å². The number of anilines is 1. The van der Waals surface area contributed by atoms with Crippen LogP contribution in [0.5, 0.6) is 0 Å². The molecule has 106 valence electrons. The Kier molecular flexibility index (Phi) is 3.91. The van der Waals surface area contributed by atoms with Crippen LogP contribution < -0.4 is 5.32 Å². The van der Waals surface area contributed by atoms with E-state index >= 15 is 0 Å². The quantitative estimate of drug-likeness (QED) is 0.780. The van der Waals surface area contributed by atoms with Crippen molar-refractivity contribution in [2.75, 3.05) is 5.32 Å². The normalized spacial score (nSPS) is 12.0. The van der Waals surface area contributed by atoms with Gasteiger partial charge in [-0.1, -0.05) is 18.2 Å². The Morgan fingerprint density at radius 3 is 2.90 bits per heavy atom. The first-order chi connectivity index (χ1) is 10.3. The summed E-state index contributed by atoms with van der Waals surface area (Å²) in [7, 11) is 0. The predicted molar refractivity (Wildman–Crippen MR) is 81.8 cm³/mol. The fourth-order valence-electron chi connectivity index (χ4n) is 2.23. The summed E-state index contributed by atoms with van der Waals surface area (Å²) < 4.78 is 1.81. The van der Waals surface area contributed by atoms with Gasteiger partial charge in [0, 0.05) is 18.1 Å². The molecule has 1 aromatic carbocycles. The predicted octanol–water partition coefficient (Wildman–Crippen LogP) is 2.89. The van der Waals surface area contributed by atoms with Gasteiger partial charge in [0.05, 0.1) is 12.6 Å². The third-order valence-electron chi connectivity index (χ3n) is 3.31. The maximum absolute atomic E-state index is 4.16. The Morgan fingerprint density at radius 2 is 2.14 bits per heavy atom. The van der Waals surface area contributed by atoms with Gasteiger partial charge >= 0.3 is 0 Å². The molecule has 21 heavy (non-hydrogen) atoms. The highest BCUT2D eigenvalue weighted by atomic mass is 15.3. The number of nitrogens with zero attached hydrogens (tertiary/aromatic N) is 4. The third-order valence-corrected chi connectivity index (χ3v) is 3.31. The summed E-state index contributed by atoms with van der Waals surface area (Å²) in [4.78, 5) is 8.11. The molecule has 0 fully saturated rings. The molecule has 1 atom stereocenters. The van der Waals surface area contributed by atoms with Crippen LogP contribution in [-0.2, 0) is 6.54 Å². The summed E-state index contributed by atoms with van der Waals surface area (Å²) in [5, 5.41) is 7.62. The van der Waals surface area contributed by atoms with Gasteiger partial charge in [-0.2, -0.15) is 5.10 Å². The van der Waals surface area contributed by atoms with Crippen molar-refractivity contribution in [3.63, 3.8) is 0 Å². The largest absolute Gasteiger partial charge is 0.378 e. The van der Waals surface area contributed by atoms with E-state index in [-0.39, 0.29) is 6.04 Å². The lowest BCUT2D eigenvalue weighted by Crippen LogP contribution is -2.07. The molecule has 2 aromatic heterocycles. The molecular weight excluding hydrogens is 262 g/mol. The molecule has 2 heterocycles. The molecule has 3 aromatic rings. The van der Waals surface area contributed by atoms with Gasteiger partial charge in [0.25, 0.3) is 0 Å². The SMILES string of the molecule is CC(Nc1cccc(Cn2cncn2)c1)c1cccnc1. The van der Waals surface area contributed by atoms with Gasteiger partial charge in [-0.3, -0.25) is 4.98 Å². The van der Waals surface area contributed by atoms with Gasteiger partial charge in [-0.05, 0) is 36.2 Å². The standard InChI is InChI=1S/C16H17N5/c1-13(15-5-3-7-17-9-15)20-16-6-2-4-14(8-16)10-21-12-18-11-19-21/h2-9,11-13,20H,10H2,1H3. The molecular formula is C16H17N5. The summed E-state index contributed by atoms with van der Waals surface area (Å²) in [6.45, 7) is 2.85. The third kappa shape index (κ3) is 3.45. The van der Waals surface area contributed by atoms with Crippen molar-refractivity contribution in [1.82, 2.24) is 19.7 Å². The summed E-state index contributed by atoms with van der Waals surface area (Å²) in [6, 6.07) is 12.6. The maximum atomic E-state index is 4.16. The minimum atomic E-state index is 0.209. The van der Waals surface area contributed by atoms with E-state index in [2.05, 4.69) is 51.6 Å². The highest BCUT2D eigenvalue weighted by molar-refractivity contribution is 5.47. The Bertz CT molecular complexity index is 679. The number of rotatable bonds is 5. The molecule has 0 aliphatic heterocycles. The number of pyridine rings is 1. The summed E-state index contributed by atoms with van der Waals surface area (Å²) in [5.74, 6) is 0. The zero-order chi connectivity index (χ0) is 14.5. The topological polar surface area (TPSA) is 55.6 Å². The van der Waals surface area contributed by atoms with E-state index in [1.165, 1.54) is 11.1 Å². The lowest BCUT2D eigenvalue weighted by molar-refractivity contribution is 0.685.